The minimum absolute atomic E-state index is 0.277. The van der Waals surface area contributed by atoms with Gasteiger partial charge in [0.05, 0.1) is 0 Å². The predicted molar refractivity (Wildman–Crippen MR) is 289 cm³/mol. The van der Waals surface area contributed by atoms with Crippen LogP contribution in [0.5, 0.6) is 0 Å². The molecule has 0 heterocycles. The zero-order valence-corrected chi connectivity index (χ0v) is 38.9. The van der Waals surface area contributed by atoms with Crippen LogP contribution in [0, 0.1) is 0 Å². The second-order valence-corrected chi connectivity index (χ2v) is 20.0. The third-order valence-corrected chi connectivity index (χ3v) is 15.3. The first-order valence-corrected chi connectivity index (χ1v) is 24.1. The number of hydrogen-bond donors (Lipinski definition) is 0. The van der Waals surface area contributed by atoms with E-state index in [9.17, 15) is 0 Å². The molecule has 0 aromatic heterocycles. The summed E-state index contributed by atoms with van der Waals surface area (Å²) in [4.78, 5) is 0. The molecule has 13 rings (SSSR count). The molecular formula is C68H50. The third-order valence-electron chi connectivity index (χ3n) is 15.3. The Labute approximate surface area is 399 Å². The summed E-state index contributed by atoms with van der Waals surface area (Å²) in [7, 11) is 0. The molecule has 0 bridgehead atoms. The van der Waals surface area contributed by atoms with Gasteiger partial charge in [-0.25, -0.2) is 0 Å². The summed E-state index contributed by atoms with van der Waals surface area (Å²) in [6, 6.07) is 86.0. The zero-order valence-electron chi connectivity index (χ0n) is 38.9. The Morgan fingerprint density at radius 2 is 0.485 bits per heavy atom. The van der Waals surface area contributed by atoms with Gasteiger partial charge >= 0.3 is 0 Å². The molecule has 0 unspecified atom stereocenters. The summed E-state index contributed by atoms with van der Waals surface area (Å²) >= 11 is 0. The highest BCUT2D eigenvalue weighted by molar-refractivity contribution is 6.13. The maximum absolute atomic E-state index is 2.55. The molecule has 0 radical (unpaired) electrons. The summed E-state index contributed by atoms with van der Waals surface area (Å²) < 4.78 is 0. The Hall–Kier alpha value is -8.06. The average Bonchev–Trinajstić information content (AvgIpc) is 3.77. The number of benzene rings is 11. The Morgan fingerprint density at radius 3 is 0.794 bits per heavy atom. The standard InChI is InChI=1S/C68H50/c1-67(2)61-41-59(51-37-47(43-21-9-5-10-22-43)35-48(38-51)44-23-11-6-12-24-44)53-29-17-19-31-55(53)63(61)57-33-34-58-64-56-32-20-18-30-54(56)60(42-62(64)68(3,4)66(58)65(57)67)52-39-49(45-25-13-7-14-26-45)36-50(40-52)46-27-15-8-16-28-46/h5-42H,1-4H3. The average molecular weight is 867 g/mol. The molecule has 0 aliphatic heterocycles. The first-order chi connectivity index (χ1) is 33.2. The van der Waals surface area contributed by atoms with Crippen molar-refractivity contribution >= 4 is 21.5 Å². The van der Waals surface area contributed by atoms with Gasteiger partial charge in [0.1, 0.15) is 0 Å². The fourth-order valence-corrected chi connectivity index (χ4v) is 12.1. The van der Waals surface area contributed by atoms with E-state index >= 15 is 0 Å². The molecule has 11 aromatic rings. The van der Waals surface area contributed by atoms with E-state index < -0.39 is 0 Å². The van der Waals surface area contributed by atoms with Crippen molar-refractivity contribution < 1.29 is 0 Å². The van der Waals surface area contributed by atoms with Crippen molar-refractivity contribution in [1.29, 1.82) is 0 Å². The van der Waals surface area contributed by atoms with Crippen molar-refractivity contribution in [2.45, 2.75) is 38.5 Å². The van der Waals surface area contributed by atoms with Crippen molar-refractivity contribution in [2.24, 2.45) is 0 Å². The smallest absolute Gasteiger partial charge is 0.0162 e. The van der Waals surface area contributed by atoms with E-state index in [-0.39, 0.29) is 10.8 Å². The molecule has 0 N–H and O–H groups in total. The largest absolute Gasteiger partial charge is 0.0622 e. The minimum atomic E-state index is -0.277. The second-order valence-electron chi connectivity index (χ2n) is 20.0. The highest BCUT2D eigenvalue weighted by Gasteiger charge is 2.47. The van der Waals surface area contributed by atoms with Gasteiger partial charge in [-0.1, -0.05) is 210 Å². The molecule has 2 aliphatic rings. The lowest BCUT2D eigenvalue weighted by Crippen LogP contribution is -2.24. The van der Waals surface area contributed by atoms with Crippen LogP contribution in [-0.2, 0) is 10.8 Å². The molecule has 0 spiro atoms. The van der Waals surface area contributed by atoms with Crippen LogP contribution >= 0.6 is 0 Å². The van der Waals surface area contributed by atoms with Gasteiger partial charge in [-0.05, 0) is 181 Å². The topological polar surface area (TPSA) is 0 Å². The minimum Gasteiger partial charge on any atom is -0.0622 e. The molecule has 0 atom stereocenters. The third kappa shape index (κ3) is 6.14. The normalized spacial score (nSPS) is 13.8. The van der Waals surface area contributed by atoms with E-state index in [1.165, 1.54) is 133 Å². The second kappa shape index (κ2) is 15.2. The van der Waals surface area contributed by atoms with Gasteiger partial charge in [-0.3, -0.25) is 0 Å². The van der Waals surface area contributed by atoms with Crippen LogP contribution in [0.25, 0.3) is 111 Å². The quantitative estimate of drug-likeness (QED) is 0.156. The van der Waals surface area contributed by atoms with Crippen LogP contribution in [0.2, 0.25) is 0 Å². The summed E-state index contributed by atoms with van der Waals surface area (Å²) in [6.07, 6.45) is 0. The predicted octanol–water partition coefficient (Wildman–Crippen LogP) is 18.6. The maximum atomic E-state index is 2.55. The lowest BCUT2D eigenvalue weighted by Gasteiger charge is -2.31. The van der Waals surface area contributed by atoms with E-state index in [0.717, 1.165) is 0 Å². The molecule has 11 aromatic carbocycles. The summed E-state index contributed by atoms with van der Waals surface area (Å²) in [6.45, 7) is 9.92. The van der Waals surface area contributed by atoms with Crippen LogP contribution in [-0.4, -0.2) is 0 Å². The van der Waals surface area contributed by atoms with E-state index in [0.29, 0.717) is 0 Å². The summed E-state index contributed by atoms with van der Waals surface area (Å²) in [5.74, 6) is 0. The number of rotatable bonds is 6. The summed E-state index contributed by atoms with van der Waals surface area (Å²) in [5.41, 5.74) is 25.4. The molecule has 322 valence electrons. The van der Waals surface area contributed by atoms with Gasteiger partial charge < -0.3 is 0 Å². The first-order valence-electron chi connectivity index (χ1n) is 24.1. The highest BCUT2D eigenvalue weighted by atomic mass is 14.5. The van der Waals surface area contributed by atoms with Crippen LogP contribution in [0.1, 0.15) is 49.9 Å². The van der Waals surface area contributed by atoms with E-state index in [2.05, 4.69) is 258 Å². The van der Waals surface area contributed by atoms with Gasteiger partial charge in [0.2, 0.25) is 0 Å². The van der Waals surface area contributed by atoms with Crippen LogP contribution in [0.15, 0.2) is 231 Å². The lowest BCUT2D eigenvalue weighted by atomic mass is 9.72. The van der Waals surface area contributed by atoms with Crippen molar-refractivity contribution in [3.05, 3.63) is 253 Å². The molecule has 0 fully saturated rings. The number of hydrogen-bond acceptors (Lipinski definition) is 0. The van der Waals surface area contributed by atoms with Gasteiger partial charge in [-0.2, -0.15) is 0 Å². The Kier molecular flexibility index (Phi) is 9.02. The fourth-order valence-electron chi connectivity index (χ4n) is 12.1. The molecule has 0 saturated heterocycles. The number of fused-ring (bicyclic) bond motifs is 11. The van der Waals surface area contributed by atoms with E-state index in [4.69, 9.17) is 0 Å². The van der Waals surface area contributed by atoms with Gasteiger partial charge in [-0.15, -0.1) is 0 Å². The highest BCUT2D eigenvalue weighted by Crippen LogP contribution is 2.62. The molecule has 0 saturated carbocycles. The Bertz CT molecular complexity index is 3430. The molecule has 0 nitrogen and oxygen atoms in total. The molecular weight excluding hydrogens is 817 g/mol. The van der Waals surface area contributed by atoms with Crippen LogP contribution < -0.4 is 0 Å². The molecule has 2 aliphatic carbocycles. The monoisotopic (exact) mass is 866 g/mol. The van der Waals surface area contributed by atoms with Gasteiger partial charge in [0.15, 0.2) is 0 Å². The van der Waals surface area contributed by atoms with Gasteiger partial charge in [0, 0.05) is 10.8 Å². The Balaban J connectivity index is 1.01. The molecule has 0 heteroatoms. The van der Waals surface area contributed by atoms with Crippen molar-refractivity contribution in [3.63, 3.8) is 0 Å². The van der Waals surface area contributed by atoms with Crippen LogP contribution in [0.3, 0.4) is 0 Å². The molecule has 0 amide bonds. The fraction of sp³-hybridized carbons (Fsp3) is 0.0882. The first kappa shape index (κ1) is 40.2. The van der Waals surface area contributed by atoms with Crippen molar-refractivity contribution in [1.82, 2.24) is 0 Å². The van der Waals surface area contributed by atoms with Crippen molar-refractivity contribution in [2.75, 3.05) is 0 Å². The van der Waals surface area contributed by atoms with E-state index in [1.807, 2.05) is 0 Å². The zero-order chi connectivity index (χ0) is 45.7. The van der Waals surface area contributed by atoms with Crippen LogP contribution in [0.4, 0.5) is 0 Å². The molecule has 68 heavy (non-hydrogen) atoms. The van der Waals surface area contributed by atoms with E-state index in [1.54, 1.807) is 0 Å². The summed E-state index contributed by atoms with van der Waals surface area (Å²) in [5, 5.41) is 5.19. The van der Waals surface area contributed by atoms with Crippen molar-refractivity contribution in [3.8, 4) is 89.0 Å². The SMILES string of the molecule is CC1(C)c2cc(-c3cc(-c4ccccc4)cc(-c4ccccc4)c3)c3ccccc3c2-c2ccc3c(c21)C(C)(C)c1cc(-c2cc(-c4ccccc4)cc(-c4ccccc4)c2)c2ccccc2c1-3. The van der Waals surface area contributed by atoms with Gasteiger partial charge in [0.25, 0.3) is 0 Å². The lowest BCUT2D eigenvalue weighted by molar-refractivity contribution is 0.601. The maximum Gasteiger partial charge on any atom is 0.0162 e. The Morgan fingerprint density at radius 1 is 0.221 bits per heavy atom.